The van der Waals surface area contributed by atoms with Gasteiger partial charge in [-0.3, -0.25) is 9.55 Å². The van der Waals surface area contributed by atoms with Crippen LogP contribution in [-0.4, -0.2) is 35.2 Å². The molecule has 0 radical (unpaired) electrons. The van der Waals surface area contributed by atoms with Crippen molar-refractivity contribution < 1.29 is 26.0 Å². The normalized spacial score (nSPS) is 13.0. The van der Waals surface area contributed by atoms with E-state index in [-0.39, 0.29) is 33.2 Å². The van der Waals surface area contributed by atoms with E-state index in [0.29, 0.717) is 24.4 Å². The van der Waals surface area contributed by atoms with Crippen molar-refractivity contribution in [3.05, 3.63) is 70.8 Å². The molecule has 0 aliphatic heterocycles. The number of nitrogens with one attached hydrogen (secondary N) is 1. The van der Waals surface area contributed by atoms with Gasteiger partial charge in [0.05, 0.1) is 27.5 Å². The highest BCUT2D eigenvalue weighted by Gasteiger charge is 2.39. The zero-order valence-corrected chi connectivity index (χ0v) is 20.9. The first-order valence-electron chi connectivity index (χ1n) is 10.8. The second-order valence-electron chi connectivity index (χ2n) is 8.06. The minimum atomic E-state index is -4.78. The Balaban J connectivity index is 1.95. The summed E-state index contributed by atoms with van der Waals surface area (Å²) in [5.74, 6) is -0.292. The van der Waals surface area contributed by atoms with Crippen molar-refractivity contribution in [1.82, 2.24) is 19.3 Å². The Morgan fingerprint density at radius 3 is 2.51 bits per heavy atom. The van der Waals surface area contributed by atoms with E-state index in [1.807, 2.05) is 6.07 Å². The molecule has 0 saturated heterocycles. The fourth-order valence-corrected chi connectivity index (χ4v) is 5.17. The molecule has 0 aliphatic carbocycles. The molecule has 0 saturated carbocycles. The molecular formula is C24H18ClF4N5O2S. The number of pyridine rings is 2. The van der Waals surface area contributed by atoms with Crippen LogP contribution in [0.5, 0.6) is 0 Å². The number of sulfonamides is 1. The molecule has 3 aromatic heterocycles. The van der Waals surface area contributed by atoms with Gasteiger partial charge >= 0.3 is 6.18 Å². The van der Waals surface area contributed by atoms with Crippen molar-refractivity contribution in [2.24, 2.45) is 0 Å². The van der Waals surface area contributed by atoms with Crippen LogP contribution in [0.2, 0.25) is 5.02 Å². The van der Waals surface area contributed by atoms with Gasteiger partial charge in [-0.2, -0.15) is 23.2 Å². The highest BCUT2D eigenvalue weighted by Crippen LogP contribution is 2.38. The van der Waals surface area contributed by atoms with Crippen LogP contribution < -0.4 is 4.72 Å². The second kappa shape index (κ2) is 9.74. The number of hydrogen-bond acceptors (Lipinski definition) is 5. The molecule has 4 rings (SSSR count). The van der Waals surface area contributed by atoms with Crippen molar-refractivity contribution in [2.75, 3.05) is 0 Å². The molecule has 3 heterocycles. The van der Waals surface area contributed by atoms with E-state index in [1.54, 1.807) is 29.8 Å². The van der Waals surface area contributed by atoms with Gasteiger partial charge in [-0.15, -0.1) is 0 Å². The molecule has 13 heteroatoms. The van der Waals surface area contributed by atoms with Crippen LogP contribution in [0.4, 0.5) is 17.6 Å². The molecule has 1 atom stereocenters. The maximum atomic E-state index is 14.7. The van der Waals surface area contributed by atoms with Gasteiger partial charge in [0.25, 0.3) is 0 Å². The van der Waals surface area contributed by atoms with Crippen molar-refractivity contribution in [3.8, 4) is 23.3 Å². The average Bonchev–Trinajstić information content (AvgIpc) is 3.15. The third-order valence-corrected chi connectivity index (χ3v) is 7.51. The quantitative estimate of drug-likeness (QED) is 0.317. The Morgan fingerprint density at radius 1 is 1.22 bits per heavy atom. The first-order chi connectivity index (χ1) is 17.4. The van der Waals surface area contributed by atoms with Gasteiger partial charge in [0.1, 0.15) is 22.8 Å². The Hall–Kier alpha value is -3.53. The van der Waals surface area contributed by atoms with Crippen molar-refractivity contribution in [2.45, 2.75) is 37.4 Å². The molecular weight excluding hydrogens is 534 g/mol. The Bertz CT molecular complexity index is 1650. The predicted octanol–water partition coefficient (Wildman–Crippen LogP) is 5.54. The molecule has 1 aromatic carbocycles. The standard InChI is InChI=1S/C24H18ClF4N5O2S/c1-3-14-9-21-16(10-19(14)26)17(11-30)22(34(21)23-18(25)5-4-8-31-23)20-7-6-15(12-32-20)37(35,36)33-13(2)24(27,28)29/h4-10,12-13,33H,3H2,1-2H3. The molecule has 1 N–H and O–H groups in total. The lowest BCUT2D eigenvalue weighted by Gasteiger charge is -2.17. The van der Waals surface area contributed by atoms with E-state index < -0.39 is 33.0 Å². The average molecular weight is 552 g/mol. The summed E-state index contributed by atoms with van der Waals surface area (Å²) < 4.78 is 81.3. The molecule has 0 bridgehead atoms. The van der Waals surface area contributed by atoms with Crippen LogP contribution in [0.25, 0.3) is 28.1 Å². The summed E-state index contributed by atoms with van der Waals surface area (Å²) in [5, 5.41) is 10.5. The van der Waals surface area contributed by atoms with Gasteiger partial charge in [-0.1, -0.05) is 18.5 Å². The Labute approximate surface area is 214 Å². The van der Waals surface area contributed by atoms with E-state index >= 15 is 0 Å². The Morgan fingerprint density at radius 2 is 1.95 bits per heavy atom. The summed E-state index contributed by atoms with van der Waals surface area (Å²) in [7, 11) is -4.55. The van der Waals surface area contributed by atoms with Crippen LogP contribution in [0.1, 0.15) is 25.0 Å². The highest BCUT2D eigenvalue weighted by molar-refractivity contribution is 7.89. The maximum absolute atomic E-state index is 14.7. The number of alkyl halides is 3. The fraction of sp³-hybridized carbons (Fsp3) is 0.208. The van der Waals surface area contributed by atoms with Gasteiger partial charge in [0.2, 0.25) is 10.0 Å². The molecule has 0 aliphatic rings. The zero-order chi connectivity index (χ0) is 27.1. The number of rotatable bonds is 6. The van der Waals surface area contributed by atoms with Crippen LogP contribution in [0.15, 0.2) is 53.7 Å². The molecule has 7 nitrogen and oxygen atoms in total. The summed E-state index contributed by atoms with van der Waals surface area (Å²) in [6, 6.07) is 8.01. The van der Waals surface area contributed by atoms with Crippen LogP contribution >= 0.6 is 11.6 Å². The first kappa shape index (κ1) is 26.5. The largest absolute Gasteiger partial charge is 0.404 e. The van der Waals surface area contributed by atoms with E-state index in [9.17, 15) is 31.2 Å². The van der Waals surface area contributed by atoms with Crippen LogP contribution in [-0.2, 0) is 16.4 Å². The second-order valence-corrected chi connectivity index (χ2v) is 10.2. The fourth-order valence-electron chi connectivity index (χ4n) is 3.79. The van der Waals surface area contributed by atoms with Crippen LogP contribution in [0, 0.1) is 17.1 Å². The van der Waals surface area contributed by atoms with Crippen molar-refractivity contribution in [1.29, 1.82) is 5.26 Å². The molecule has 0 fully saturated rings. The lowest BCUT2D eigenvalue weighted by Crippen LogP contribution is -2.42. The van der Waals surface area contributed by atoms with Crippen LogP contribution in [0.3, 0.4) is 0 Å². The topological polar surface area (TPSA) is 101 Å². The van der Waals surface area contributed by atoms with E-state index in [1.165, 1.54) is 22.9 Å². The van der Waals surface area contributed by atoms with Gasteiger partial charge in [-0.05, 0) is 55.3 Å². The molecule has 0 amide bonds. The number of nitriles is 1. The number of aromatic nitrogens is 3. The monoisotopic (exact) mass is 551 g/mol. The molecule has 37 heavy (non-hydrogen) atoms. The number of halogens is 5. The van der Waals surface area contributed by atoms with Crippen molar-refractivity contribution in [3.63, 3.8) is 0 Å². The lowest BCUT2D eigenvalue weighted by molar-refractivity contribution is -0.147. The van der Waals surface area contributed by atoms with Gasteiger partial charge in [0.15, 0.2) is 5.82 Å². The zero-order valence-electron chi connectivity index (χ0n) is 19.3. The maximum Gasteiger partial charge on any atom is 0.404 e. The molecule has 0 spiro atoms. The summed E-state index contributed by atoms with van der Waals surface area (Å²) in [4.78, 5) is 7.93. The van der Waals surface area contributed by atoms with E-state index in [4.69, 9.17) is 11.6 Å². The number of fused-ring (bicyclic) bond motifs is 1. The molecule has 1 unspecified atom stereocenters. The summed E-state index contributed by atoms with van der Waals surface area (Å²) in [5.41, 5.74) is 1.09. The van der Waals surface area contributed by atoms with Gasteiger partial charge < -0.3 is 0 Å². The smallest absolute Gasteiger partial charge is 0.290 e. The third kappa shape index (κ3) is 4.90. The highest BCUT2D eigenvalue weighted by atomic mass is 35.5. The predicted molar refractivity (Wildman–Crippen MR) is 129 cm³/mol. The molecule has 192 valence electrons. The van der Waals surface area contributed by atoms with Gasteiger partial charge in [0, 0.05) is 17.8 Å². The van der Waals surface area contributed by atoms with E-state index in [2.05, 4.69) is 9.97 Å². The third-order valence-electron chi connectivity index (χ3n) is 5.69. The summed E-state index contributed by atoms with van der Waals surface area (Å²) in [6.45, 7) is 2.45. The Kier molecular flexibility index (Phi) is 6.98. The summed E-state index contributed by atoms with van der Waals surface area (Å²) in [6.07, 6.45) is -2.06. The first-order valence-corrected chi connectivity index (χ1v) is 12.7. The van der Waals surface area contributed by atoms with Gasteiger partial charge in [-0.25, -0.2) is 17.8 Å². The number of aryl methyl sites for hydroxylation is 1. The summed E-state index contributed by atoms with van der Waals surface area (Å²) >= 11 is 6.41. The minimum absolute atomic E-state index is 0.0326. The SMILES string of the molecule is CCc1cc2c(cc1F)c(C#N)c(-c1ccc(S(=O)(=O)NC(C)C(F)(F)F)cn1)n2-c1ncccc1Cl. The number of hydrogen-bond donors (Lipinski definition) is 1. The lowest BCUT2D eigenvalue weighted by atomic mass is 10.1. The number of benzene rings is 1. The van der Waals surface area contributed by atoms with Crippen molar-refractivity contribution >= 4 is 32.5 Å². The molecule has 4 aromatic rings. The van der Waals surface area contributed by atoms with E-state index in [0.717, 1.165) is 12.3 Å². The number of nitrogens with zero attached hydrogens (tertiary/aromatic N) is 4. The minimum Gasteiger partial charge on any atom is -0.290 e.